The van der Waals surface area contributed by atoms with Crippen LogP contribution >= 0.6 is 23.2 Å². The smallest absolute Gasteiger partial charge is 0.415 e. The summed E-state index contributed by atoms with van der Waals surface area (Å²) in [7, 11) is 1.50. The molecule has 4 heterocycles. The van der Waals surface area contributed by atoms with Crippen LogP contribution in [0.5, 0.6) is 17.2 Å². The summed E-state index contributed by atoms with van der Waals surface area (Å²) in [6.45, 7) is 1.21. The number of aromatic nitrogens is 1. The predicted octanol–water partition coefficient (Wildman–Crippen LogP) is 6.50. The van der Waals surface area contributed by atoms with Crippen molar-refractivity contribution < 1.29 is 52.4 Å². The van der Waals surface area contributed by atoms with Gasteiger partial charge in [0.1, 0.15) is 21.9 Å². The zero-order valence-electron chi connectivity index (χ0n) is 29.6. The fraction of sp³-hybridized carbons (Fsp3) is 0.359. The van der Waals surface area contributed by atoms with E-state index in [9.17, 15) is 28.7 Å². The first kappa shape index (κ1) is 38.9. The second-order valence-corrected chi connectivity index (χ2v) is 13.9. The fourth-order valence-corrected chi connectivity index (χ4v) is 7.86. The van der Waals surface area contributed by atoms with Crippen LogP contribution in [0.3, 0.4) is 0 Å². The molecular formula is C39H39Cl2F2N3O8. The third kappa shape index (κ3) is 8.75. The highest BCUT2D eigenvalue weighted by molar-refractivity contribution is 6.35. The number of hydrogen-bond donors (Lipinski definition) is 1. The predicted molar refractivity (Wildman–Crippen MR) is 193 cm³/mol. The van der Waals surface area contributed by atoms with E-state index in [1.54, 1.807) is 43.3 Å². The van der Waals surface area contributed by atoms with Gasteiger partial charge in [0.05, 0.1) is 31.9 Å². The van der Waals surface area contributed by atoms with Crippen molar-refractivity contribution in [2.75, 3.05) is 38.3 Å². The lowest BCUT2D eigenvalue weighted by atomic mass is 9.82. The molecule has 286 valence electrons. The normalized spacial score (nSPS) is 18.2. The van der Waals surface area contributed by atoms with Crippen molar-refractivity contribution in [3.63, 3.8) is 0 Å². The van der Waals surface area contributed by atoms with Gasteiger partial charge < -0.3 is 28.8 Å². The number of piperidine rings is 3. The lowest BCUT2D eigenvalue weighted by Gasteiger charge is -2.44. The van der Waals surface area contributed by atoms with E-state index in [0.717, 1.165) is 25.9 Å². The first-order chi connectivity index (χ1) is 25.9. The third-order valence-electron chi connectivity index (χ3n) is 9.86. The number of carboxylic acid groups (broad SMARTS) is 1. The molecule has 2 bridgehead atoms. The van der Waals surface area contributed by atoms with Crippen LogP contribution in [-0.2, 0) is 17.7 Å². The van der Waals surface area contributed by atoms with E-state index in [-0.39, 0.29) is 64.3 Å². The Morgan fingerprint density at radius 1 is 1.02 bits per heavy atom. The highest BCUT2D eigenvalue weighted by Gasteiger charge is 2.38. The molecule has 0 saturated carbocycles. The van der Waals surface area contributed by atoms with Crippen LogP contribution in [0.15, 0.2) is 73.1 Å². The van der Waals surface area contributed by atoms with Crippen LogP contribution in [0.1, 0.15) is 58.3 Å². The zero-order valence-corrected chi connectivity index (χ0v) is 31.1. The van der Waals surface area contributed by atoms with Gasteiger partial charge in [0.2, 0.25) is 12.4 Å². The molecule has 54 heavy (non-hydrogen) atoms. The summed E-state index contributed by atoms with van der Waals surface area (Å²) in [5, 5.41) is 22.9. The number of carbonyl (C=O) groups excluding carboxylic acids is 2. The van der Waals surface area contributed by atoms with E-state index in [1.807, 2.05) is 0 Å². The van der Waals surface area contributed by atoms with Crippen molar-refractivity contribution in [2.24, 2.45) is 5.92 Å². The van der Waals surface area contributed by atoms with Crippen LogP contribution in [0.25, 0.3) is 0 Å². The average molecular weight is 787 g/mol. The number of fused-ring (bicyclic) bond motifs is 3. The number of benzene rings is 3. The monoisotopic (exact) mass is 785 g/mol. The quantitative estimate of drug-likeness (QED) is 0.113. The van der Waals surface area contributed by atoms with Crippen molar-refractivity contribution in [2.45, 2.75) is 51.4 Å². The number of amides is 1. The molecule has 3 aliphatic heterocycles. The summed E-state index contributed by atoms with van der Waals surface area (Å²) in [5.41, 5.74) is 1.86. The summed E-state index contributed by atoms with van der Waals surface area (Å²) in [4.78, 5) is 30.6. The van der Waals surface area contributed by atoms with Crippen LogP contribution in [-0.4, -0.2) is 68.2 Å². The topological polar surface area (TPSA) is 125 Å². The maximum absolute atomic E-state index is 14.1. The first-order valence-corrected chi connectivity index (χ1v) is 18.2. The Hall–Kier alpha value is -4.85. The van der Waals surface area contributed by atoms with Gasteiger partial charge in [-0.1, -0.05) is 59.6 Å². The molecule has 3 aliphatic rings. The van der Waals surface area contributed by atoms with E-state index >= 15 is 0 Å². The Balaban J connectivity index is 1.45. The van der Waals surface area contributed by atoms with E-state index in [4.69, 9.17) is 37.4 Å². The number of alkyl halides is 2. The number of nitrogens with zero attached hydrogens (tertiary/aromatic N) is 3. The molecule has 0 unspecified atom stereocenters. The highest BCUT2D eigenvalue weighted by atomic mass is 35.5. The Kier molecular flexibility index (Phi) is 12.3. The van der Waals surface area contributed by atoms with Gasteiger partial charge in [-0.15, -0.1) is 0 Å². The number of hydrogen-bond acceptors (Lipinski definition) is 9. The minimum Gasteiger partial charge on any atom is -0.545 e. The zero-order chi connectivity index (χ0) is 38.5. The highest BCUT2D eigenvalue weighted by Crippen LogP contribution is 2.40. The van der Waals surface area contributed by atoms with Crippen LogP contribution in [0.4, 0.5) is 19.3 Å². The number of carbonyl (C=O) groups is 2. The first-order valence-electron chi connectivity index (χ1n) is 17.4. The van der Waals surface area contributed by atoms with E-state index in [1.165, 1.54) is 48.7 Å². The summed E-state index contributed by atoms with van der Waals surface area (Å²) < 4.78 is 49.5. The van der Waals surface area contributed by atoms with Gasteiger partial charge in [-0.25, -0.2) is 4.79 Å². The number of halogens is 4. The fourth-order valence-electron chi connectivity index (χ4n) is 7.25. The number of para-hydroxylation sites is 2. The number of aromatic carboxylic acids is 1. The SMILES string of the molecule is CCOc1cc([C@H](Cc2c(Cl)c[n+](O)cc2Cl)c2cc(CN(C(=O)O[C@H]3CN4CCC3CC4)c3ccccc3OC)ccc2C(=O)[O-])ccc1OC(F)F. The average Bonchev–Trinajstić information content (AvgIpc) is 3.14. The van der Waals surface area contributed by atoms with Crippen molar-refractivity contribution in [1.29, 1.82) is 0 Å². The lowest BCUT2D eigenvalue weighted by molar-refractivity contribution is -0.904. The number of rotatable bonds is 14. The van der Waals surface area contributed by atoms with Gasteiger partial charge in [-0.3, -0.25) is 15.0 Å². The van der Waals surface area contributed by atoms with Gasteiger partial charge in [-0.2, -0.15) is 8.78 Å². The number of anilines is 1. The molecule has 11 nitrogen and oxygen atoms in total. The van der Waals surface area contributed by atoms with Crippen molar-refractivity contribution in [3.05, 3.63) is 111 Å². The van der Waals surface area contributed by atoms with E-state index in [2.05, 4.69) is 9.64 Å². The molecule has 3 aromatic carbocycles. The molecule has 2 atom stereocenters. The Bertz CT molecular complexity index is 1970. The largest absolute Gasteiger partial charge is 0.545 e. The van der Waals surface area contributed by atoms with Crippen molar-refractivity contribution in [1.82, 2.24) is 4.90 Å². The second kappa shape index (κ2) is 17.1. The standard InChI is InChI=1S/C39H39Cl2F2N3O8/c1-3-52-35-17-25(9-11-34(35)53-38(42)43)27(18-29-30(40)20-45(50)21-31(29)41)28-16-23(8-10-26(28)37(47)48)19-46(32-6-4-5-7-33(32)51-2)39(49)54-36-22-44-14-12-24(36)13-15-44/h4-11,16-17,20-21,24,27,36,38H,3,12-15,18-19,22H2,1-2H3,(H-,47,48,50)/t27-,36-/m0/s1. The summed E-state index contributed by atoms with van der Waals surface area (Å²) >= 11 is 13.1. The number of pyridine rings is 1. The van der Waals surface area contributed by atoms with Gasteiger partial charge >= 0.3 is 12.7 Å². The lowest BCUT2D eigenvalue weighted by Crippen LogP contribution is -2.53. The molecule has 3 fully saturated rings. The number of carboxylic acids is 1. The molecule has 1 amide bonds. The van der Waals surface area contributed by atoms with Crippen molar-refractivity contribution >= 4 is 41.0 Å². The molecule has 0 radical (unpaired) electrons. The Morgan fingerprint density at radius 2 is 1.74 bits per heavy atom. The Labute approximate surface area is 321 Å². The van der Waals surface area contributed by atoms with Crippen molar-refractivity contribution in [3.8, 4) is 17.2 Å². The maximum Gasteiger partial charge on any atom is 0.415 e. The molecule has 4 aromatic rings. The molecule has 1 N–H and O–H groups in total. The number of ether oxygens (including phenoxy) is 4. The molecule has 7 rings (SSSR count). The van der Waals surface area contributed by atoms with Gasteiger partial charge in [-0.05, 0) is 86.1 Å². The third-order valence-corrected chi connectivity index (χ3v) is 10.5. The Morgan fingerprint density at radius 3 is 2.37 bits per heavy atom. The van der Waals surface area contributed by atoms with Crippen LogP contribution in [0.2, 0.25) is 10.0 Å². The van der Waals surface area contributed by atoms with Crippen LogP contribution in [0, 0.1) is 5.92 Å². The molecule has 15 heteroatoms. The number of methoxy groups -OCH3 is 1. The molecule has 3 saturated heterocycles. The summed E-state index contributed by atoms with van der Waals surface area (Å²) in [6.07, 6.45) is 3.45. The molecule has 0 spiro atoms. The molecule has 1 aromatic heterocycles. The minimum absolute atomic E-state index is 0.00254. The minimum atomic E-state index is -3.12. The van der Waals surface area contributed by atoms with Gasteiger partial charge in [0.15, 0.2) is 11.5 Å². The molecule has 0 aliphatic carbocycles. The van der Waals surface area contributed by atoms with E-state index in [0.29, 0.717) is 39.4 Å². The van der Waals surface area contributed by atoms with E-state index < -0.39 is 24.6 Å². The van der Waals surface area contributed by atoms with Gasteiger partial charge in [0.25, 0.3) is 0 Å². The van der Waals surface area contributed by atoms with Gasteiger partial charge in [0, 0.05) is 28.3 Å². The molecular weight excluding hydrogens is 747 g/mol. The second-order valence-electron chi connectivity index (χ2n) is 13.1. The van der Waals surface area contributed by atoms with Crippen LogP contribution < -0.4 is 28.9 Å². The maximum atomic E-state index is 14.1. The summed E-state index contributed by atoms with van der Waals surface area (Å²) in [6, 6.07) is 15.9. The summed E-state index contributed by atoms with van der Waals surface area (Å²) in [5.74, 6) is -1.87.